The first-order valence-electron chi connectivity index (χ1n) is 9.34. The number of phenolic OH excluding ortho intramolecular Hbond substituents is 2. The van der Waals surface area contributed by atoms with Crippen LogP contribution in [0.5, 0.6) is 17.2 Å². The van der Waals surface area contributed by atoms with Crippen molar-refractivity contribution >= 4 is 16.9 Å². The van der Waals surface area contributed by atoms with Crippen LogP contribution in [0.25, 0.3) is 22.1 Å². The minimum Gasteiger partial charge on any atom is -0.508 e. The van der Waals surface area contributed by atoms with Crippen molar-refractivity contribution in [1.82, 2.24) is 0 Å². The summed E-state index contributed by atoms with van der Waals surface area (Å²) in [6, 6.07) is 8.02. The van der Waals surface area contributed by atoms with E-state index in [-0.39, 0.29) is 28.0 Å². The summed E-state index contributed by atoms with van der Waals surface area (Å²) >= 11 is 0. The normalized spacial score (nSPS) is 25.5. The average Bonchev–Trinajstić information content (AvgIpc) is 2.74. The Labute approximate surface area is 178 Å². The topological polar surface area (TPSA) is 187 Å². The number of aliphatic hydroxyl groups is 3. The van der Waals surface area contributed by atoms with Crippen LogP contribution in [-0.2, 0) is 9.53 Å². The predicted molar refractivity (Wildman–Crippen MR) is 106 cm³/mol. The Hall–Kier alpha value is -3.64. The van der Waals surface area contributed by atoms with Crippen LogP contribution in [0.4, 0.5) is 0 Å². The Bertz CT molecular complexity index is 1220. The van der Waals surface area contributed by atoms with Crippen molar-refractivity contribution < 1.29 is 49.3 Å². The highest BCUT2D eigenvalue weighted by atomic mass is 16.7. The second-order valence-corrected chi connectivity index (χ2v) is 7.19. The van der Waals surface area contributed by atoms with Gasteiger partial charge >= 0.3 is 5.97 Å². The summed E-state index contributed by atoms with van der Waals surface area (Å²) in [5.74, 6) is -2.25. The van der Waals surface area contributed by atoms with Gasteiger partial charge in [0.1, 0.15) is 52.8 Å². The number of carboxylic acid groups (broad SMARTS) is 1. The zero-order valence-corrected chi connectivity index (χ0v) is 16.2. The van der Waals surface area contributed by atoms with Gasteiger partial charge in [-0.25, -0.2) is 4.79 Å². The summed E-state index contributed by atoms with van der Waals surface area (Å²) in [5, 5.41) is 58.5. The van der Waals surface area contributed by atoms with Crippen LogP contribution in [0.3, 0.4) is 0 Å². The van der Waals surface area contributed by atoms with Crippen LogP contribution in [0.1, 0.15) is 0 Å². The molecular weight excluding hydrogens is 428 g/mol. The van der Waals surface area contributed by atoms with Gasteiger partial charge in [-0.3, -0.25) is 4.79 Å². The summed E-state index contributed by atoms with van der Waals surface area (Å²) in [6.07, 6.45) is -7.96. The molecule has 168 valence electrons. The highest BCUT2D eigenvalue weighted by Gasteiger charge is 2.48. The number of benzene rings is 2. The maximum absolute atomic E-state index is 12.9. The number of aliphatic carboxylic acids is 1. The number of ether oxygens (including phenoxy) is 2. The Morgan fingerprint density at radius 3 is 2.31 bits per heavy atom. The fourth-order valence-corrected chi connectivity index (χ4v) is 3.40. The molecule has 3 aromatic rings. The molecule has 1 saturated heterocycles. The predicted octanol–water partition coefficient (Wildman–Crippen LogP) is 0.142. The van der Waals surface area contributed by atoms with Crippen molar-refractivity contribution in [3.05, 3.63) is 52.9 Å². The minimum absolute atomic E-state index is 0.0125. The van der Waals surface area contributed by atoms with Gasteiger partial charge in [0, 0.05) is 12.1 Å². The average molecular weight is 446 g/mol. The second-order valence-electron chi connectivity index (χ2n) is 7.19. The molecule has 2 heterocycles. The number of aromatic hydroxyl groups is 2. The molecule has 1 aliphatic heterocycles. The van der Waals surface area contributed by atoms with Crippen LogP contribution in [0.15, 0.2) is 51.9 Å². The Morgan fingerprint density at radius 2 is 1.66 bits per heavy atom. The quantitative estimate of drug-likeness (QED) is 0.320. The van der Waals surface area contributed by atoms with E-state index in [2.05, 4.69) is 0 Å². The first-order valence-corrected chi connectivity index (χ1v) is 9.34. The molecule has 5 atom stereocenters. The number of carbonyl (C=O) groups is 1. The van der Waals surface area contributed by atoms with E-state index in [0.29, 0.717) is 5.56 Å². The molecule has 0 radical (unpaired) electrons. The second kappa shape index (κ2) is 8.13. The molecule has 0 amide bonds. The van der Waals surface area contributed by atoms with Crippen LogP contribution in [0.2, 0.25) is 0 Å². The molecule has 11 heteroatoms. The van der Waals surface area contributed by atoms with Gasteiger partial charge in [-0.15, -0.1) is 0 Å². The lowest BCUT2D eigenvalue weighted by molar-refractivity contribution is -0.271. The third-order valence-electron chi connectivity index (χ3n) is 5.07. The molecule has 1 aliphatic rings. The lowest BCUT2D eigenvalue weighted by Crippen LogP contribution is -2.61. The molecule has 32 heavy (non-hydrogen) atoms. The van der Waals surface area contributed by atoms with E-state index in [0.717, 1.165) is 12.3 Å². The number of phenols is 2. The molecule has 3 unspecified atom stereocenters. The largest absolute Gasteiger partial charge is 0.508 e. The summed E-state index contributed by atoms with van der Waals surface area (Å²) in [6.45, 7) is 0. The fraction of sp³-hybridized carbons (Fsp3) is 0.238. The first kappa shape index (κ1) is 21.6. The van der Waals surface area contributed by atoms with Gasteiger partial charge < -0.3 is 44.5 Å². The third kappa shape index (κ3) is 3.74. The fourth-order valence-electron chi connectivity index (χ4n) is 3.40. The maximum atomic E-state index is 12.9. The lowest BCUT2D eigenvalue weighted by atomic mass is 9.99. The highest BCUT2D eigenvalue weighted by molar-refractivity contribution is 5.88. The molecule has 0 aliphatic carbocycles. The molecule has 11 nitrogen and oxygen atoms in total. The molecule has 4 rings (SSSR count). The van der Waals surface area contributed by atoms with E-state index in [1.807, 2.05) is 0 Å². The minimum atomic E-state index is -1.89. The van der Waals surface area contributed by atoms with Gasteiger partial charge in [0.05, 0.1) is 5.56 Å². The van der Waals surface area contributed by atoms with Gasteiger partial charge in [0.25, 0.3) is 0 Å². The van der Waals surface area contributed by atoms with Gasteiger partial charge in [0.15, 0.2) is 6.10 Å². The van der Waals surface area contributed by atoms with Gasteiger partial charge in [0.2, 0.25) is 11.7 Å². The number of rotatable bonds is 4. The lowest BCUT2D eigenvalue weighted by Gasteiger charge is -2.38. The molecule has 1 fully saturated rings. The van der Waals surface area contributed by atoms with Gasteiger partial charge in [-0.05, 0) is 17.7 Å². The Balaban J connectivity index is 1.68. The maximum Gasteiger partial charge on any atom is 0.335 e. The monoisotopic (exact) mass is 446 g/mol. The summed E-state index contributed by atoms with van der Waals surface area (Å²) < 4.78 is 15.9. The molecule has 0 spiro atoms. The van der Waals surface area contributed by atoms with Crippen molar-refractivity contribution in [2.24, 2.45) is 0 Å². The van der Waals surface area contributed by atoms with Crippen LogP contribution in [-0.4, -0.2) is 67.3 Å². The van der Waals surface area contributed by atoms with Crippen molar-refractivity contribution in [2.45, 2.75) is 30.7 Å². The number of fused-ring (bicyclic) bond motifs is 1. The molecule has 6 N–H and O–H groups in total. The van der Waals surface area contributed by atoms with E-state index < -0.39 is 47.9 Å². The van der Waals surface area contributed by atoms with Crippen molar-refractivity contribution in [3.63, 3.8) is 0 Å². The number of carboxylic acids is 1. The molecular formula is C21H18O11. The smallest absolute Gasteiger partial charge is 0.335 e. The van der Waals surface area contributed by atoms with Crippen molar-refractivity contribution in [2.75, 3.05) is 0 Å². The summed E-state index contributed by atoms with van der Waals surface area (Å²) in [4.78, 5) is 24.1. The van der Waals surface area contributed by atoms with E-state index >= 15 is 0 Å². The first-order chi connectivity index (χ1) is 15.2. The number of hydrogen-bond acceptors (Lipinski definition) is 10. The van der Waals surface area contributed by atoms with E-state index in [1.54, 1.807) is 0 Å². The number of aliphatic hydroxyl groups excluding tert-OH is 3. The molecule has 2 aromatic carbocycles. The summed E-state index contributed by atoms with van der Waals surface area (Å²) in [5.41, 5.74) is -0.0503. The van der Waals surface area contributed by atoms with Gasteiger partial charge in [-0.2, -0.15) is 0 Å². The SMILES string of the molecule is O=C(O)C1O[C@@H](Oc2cc(O)c3c(=O)c(-c4ccc(O)cc4)coc3c2)C(O)C(O)[C@@H]1O. The van der Waals surface area contributed by atoms with Crippen LogP contribution in [0, 0.1) is 0 Å². The van der Waals surface area contributed by atoms with E-state index in [1.165, 1.54) is 30.3 Å². The highest BCUT2D eigenvalue weighted by Crippen LogP contribution is 2.32. The zero-order valence-electron chi connectivity index (χ0n) is 16.2. The Morgan fingerprint density at radius 1 is 0.969 bits per heavy atom. The molecule has 0 saturated carbocycles. The van der Waals surface area contributed by atoms with E-state index in [4.69, 9.17) is 19.0 Å². The van der Waals surface area contributed by atoms with Crippen LogP contribution < -0.4 is 10.2 Å². The molecule has 0 bridgehead atoms. The van der Waals surface area contributed by atoms with Gasteiger partial charge in [-0.1, -0.05) is 12.1 Å². The van der Waals surface area contributed by atoms with Crippen molar-refractivity contribution in [3.8, 4) is 28.4 Å². The van der Waals surface area contributed by atoms with Crippen LogP contribution >= 0.6 is 0 Å². The standard InChI is InChI=1S/C21H18O11/c22-9-3-1-8(2-4-9)11-7-30-13-6-10(5-12(23)14(13)15(11)24)31-21-18(27)16(25)17(26)19(32-21)20(28)29/h1-7,16-19,21-23,25-27H,(H,28,29)/t16?,17-,18?,19?,21+/m0/s1. The van der Waals surface area contributed by atoms with E-state index in [9.17, 15) is 35.1 Å². The third-order valence-corrected chi connectivity index (χ3v) is 5.07. The molecule has 1 aromatic heterocycles. The Kier molecular flexibility index (Phi) is 5.48. The summed E-state index contributed by atoms with van der Waals surface area (Å²) in [7, 11) is 0. The number of hydrogen-bond donors (Lipinski definition) is 6. The van der Waals surface area contributed by atoms with Crippen molar-refractivity contribution in [1.29, 1.82) is 0 Å². The zero-order chi connectivity index (χ0) is 23.2.